The Bertz CT molecular complexity index is 675. The summed E-state index contributed by atoms with van der Waals surface area (Å²) >= 11 is 1.55. The number of aryl methyl sites for hydroxylation is 1. The second-order valence-electron chi connectivity index (χ2n) is 5.98. The average Bonchev–Trinajstić information content (AvgIpc) is 3.27. The first-order valence-electron chi connectivity index (χ1n) is 7.65. The van der Waals surface area contributed by atoms with Crippen LogP contribution in [-0.2, 0) is 11.2 Å². The van der Waals surface area contributed by atoms with E-state index in [2.05, 4.69) is 33.9 Å². The summed E-state index contributed by atoms with van der Waals surface area (Å²) in [6.07, 6.45) is 5.59. The van der Waals surface area contributed by atoms with Crippen LogP contribution in [0.25, 0.3) is 0 Å². The normalized spacial score (nSPS) is 20.9. The number of nitrogens with zero attached hydrogens (tertiary/aromatic N) is 1. The van der Waals surface area contributed by atoms with Gasteiger partial charge in [0, 0.05) is 11.3 Å². The minimum Gasteiger partial charge on any atom is -0.301 e. The zero-order valence-corrected chi connectivity index (χ0v) is 12.7. The van der Waals surface area contributed by atoms with E-state index in [9.17, 15) is 4.79 Å². The highest BCUT2D eigenvalue weighted by Crippen LogP contribution is 2.41. The predicted octanol–water partition coefficient (Wildman–Crippen LogP) is 4.08. The Morgan fingerprint density at radius 2 is 2.10 bits per heavy atom. The number of aromatic nitrogens is 1. The summed E-state index contributed by atoms with van der Waals surface area (Å²) < 4.78 is 0. The molecule has 4 rings (SSSR count). The van der Waals surface area contributed by atoms with Gasteiger partial charge in [0.25, 0.3) is 0 Å². The maximum absolute atomic E-state index is 12.6. The van der Waals surface area contributed by atoms with E-state index in [4.69, 9.17) is 0 Å². The van der Waals surface area contributed by atoms with Gasteiger partial charge in [-0.05, 0) is 43.2 Å². The molecule has 0 saturated heterocycles. The van der Waals surface area contributed by atoms with Crippen LogP contribution in [0, 0.1) is 0 Å². The molecule has 1 N–H and O–H groups in total. The van der Waals surface area contributed by atoms with Gasteiger partial charge in [0.1, 0.15) is 0 Å². The molecule has 0 aliphatic heterocycles. The quantitative estimate of drug-likeness (QED) is 0.927. The predicted molar refractivity (Wildman–Crippen MR) is 84.8 cm³/mol. The van der Waals surface area contributed by atoms with Gasteiger partial charge >= 0.3 is 0 Å². The number of nitrogens with one attached hydrogen (secondary N) is 1. The average molecular weight is 298 g/mol. The summed E-state index contributed by atoms with van der Waals surface area (Å²) in [7, 11) is 0. The Balaban J connectivity index is 1.52. The van der Waals surface area contributed by atoms with Gasteiger partial charge in [0.15, 0.2) is 5.13 Å². The number of anilines is 1. The molecule has 2 aliphatic carbocycles. The number of rotatable bonds is 3. The number of hydrogen-bond acceptors (Lipinski definition) is 3. The van der Waals surface area contributed by atoms with Gasteiger partial charge in [-0.15, -0.1) is 11.3 Å². The Morgan fingerprint density at radius 3 is 2.95 bits per heavy atom. The van der Waals surface area contributed by atoms with Crippen LogP contribution in [0.4, 0.5) is 5.13 Å². The standard InChI is InChI=1S/C17H18N2OS/c20-16(19-17-18-15(10-21-17)12-8-9-12)14-7-3-5-11-4-1-2-6-13(11)14/h1-2,4,6,10,12,14H,3,5,7-9H2,(H,18,19,20). The summed E-state index contributed by atoms with van der Waals surface area (Å²) in [6, 6.07) is 8.32. The molecule has 1 saturated carbocycles. The van der Waals surface area contributed by atoms with E-state index in [0.29, 0.717) is 5.92 Å². The first-order chi connectivity index (χ1) is 10.3. The Labute approximate surface area is 128 Å². The Morgan fingerprint density at radius 1 is 1.24 bits per heavy atom. The fourth-order valence-electron chi connectivity index (χ4n) is 3.13. The van der Waals surface area contributed by atoms with E-state index < -0.39 is 0 Å². The van der Waals surface area contributed by atoms with Crippen molar-refractivity contribution in [2.24, 2.45) is 0 Å². The molecule has 1 aromatic heterocycles. The highest BCUT2D eigenvalue weighted by Gasteiger charge is 2.28. The summed E-state index contributed by atoms with van der Waals surface area (Å²) in [5.41, 5.74) is 3.67. The largest absolute Gasteiger partial charge is 0.301 e. The van der Waals surface area contributed by atoms with E-state index in [0.717, 1.165) is 30.1 Å². The molecule has 2 aromatic rings. The van der Waals surface area contributed by atoms with Crippen LogP contribution < -0.4 is 5.32 Å². The summed E-state index contributed by atoms with van der Waals surface area (Å²) in [5, 5.41) is 5.86. The zero-order valence-electron chi connectivity index (χ0n) is 11.8. The third-order valence-corrected chi connectivity index (χ3v) is 5.21. The number of fused-ring (bicyclic) bond motifs is 1. The van der Waals surface area contributed by atoms with Crippen molar-refractivity contribution in [1.82, 2.24) is 4.98 Å². The van der Waals surface area contributed by atoms with Gasteiger partial charge in [-0.2, -0.15) is 0 Å². The van der Waals surface area contributed by atoms with E-state index in [1.807, 2.05) is 6.07 Å². The highest BCUT2D eigenvalue weighted by molar-refractivity contribution is 7.13. The molecule has 1 amide bonds. The number of hydrogen-bond donors (Lipinski definition) is 1. The maximum atomic E-state index is 12.6. The molecule has 0 bridgehead atoms. The molecule has 1 unspecified atom stereocenters. The lowest BCUT2D eigenvalue weighted by Gasteiger charge is -2.24. The van der Waals surface area contributed by atoms with Crippen LogP contribution >= 0.6 is 11.3 Å². The molecule has 1 fully saturated rings. The Hall–Kier alpha value is -1.68. The second-order valence-corrected chi connectivity index (χ2v) is 6.84. The first-order valence-corrected chi connectivity index (χ1v) is 8.53. The topological polar surface area (TPSA) is 42.0 Å². The third kappa shape index (κ3) is 2.60. The van der Waals surface area contributed by atoms with Crippen LogP contribution in [0.15, 0.2) is 29.6 Å². The van der Waals surface area contributed by atoms with Crippen molar-refractivity contribution in [2.45, 2.75) is 43.9 Å². The molecule has 108 valence electrons. The zero-order chi connectivity index (χ0) is 14.2. The fourth-order valence-corrected chi connectivity index (χ4v) is 3.92. The lowest BCUT2D eigenvalue weighted by Crippen LogP contribution is -2.24. The van der Waals surface area contributed by atoms with Gasteiger partial charge in [-0.25, -0.2) is 4.98 Å². The van der Waals surface area contributed by atoms with E-state index in [1.54, 1.807) is 11.3 Å². The lowest BCUT2D eigenvalue weighted by atomic mass is 9.82. The van der Waals surface area contributed by atoms with Crippen molar-refractivity contribution in [3.8, 4) is 0 Å². The molecule has 2 aliphatic rings. The van der Waals surface area contributed by atoms with Crippen molar-refractivity contribution in [3.05, 3.63) is 46.5 Å². The van der Waals surface area contributed by atoms with Crippen LogP contribution in [-0.4, -0.2) is 10.9 Å². The van der Waals surface area contributed by atoms with Crippen LogP contribution in [0.2, 0.25) is 0 Å². The lowest BCUT2D eigenvalue weighted by molar-refractivity contribution is -0.117. The fraction of sp³-hybridized carbons (Fsp3) is 0.412. The molecule has 1 atom stereocenters. The van der Waals surface area contributed by atoms with Gasteiger partial charge in [0.05, 0.1) is 11.6 Å². The minimum atomic E-state index is -0.0248. The van der Waals surface area contributed by atoms with Crippen LogP contribution in [0.5, 0.6) is 0 Å². The molecule has 1 aromatic carbocycles. The van der Waals surface area contributed by atoms with Crippen molar-refractivity contribution >= 4 is 22.4 Å². The van der Waals surface area contributed by atoms with Gasteiger partial charge in [-0.3, -0.25) is 4.79 Å². The van der Waals surface area contributed by atoms with Crippen molar-refractivity contribution < 1.29 is 4.79 Å². The number of thiazole rings is 1. The highest BCUT2D eigenvalue weighted by atomic mass is 32.1. The minimum absolute atomic E-state index is 0.0248. The van der Waals surface area contributed by atoms with E-state index in [-0.39, 0.29) is 11.8 Å². The van der Waals surface area contributed by atoms with Gasteiger partial charge in [-0.1, -0.05) is 24.3 Å². The molecule has 0 radical (unpaired) electrons. The number of benzene rings is 1. The van der Waals surface area contributed by atoms with Gasteiger partial charge in [0.2, 0.25) is 5.91 Å². The number of carbonyl (C=O) groups is 1. The summed E-state index contributed by atoms with van der Waals surface area (Å²) in [4.78, 5) is 17.1. The van der Waals surface area contributed by atoms with Crippen LogP contribution in [0.1, 0.15) is 54.3 Å². The van der Waals surface area contributed by atoms with Crippen molar-refractivity contribution in [2.75, 3.05) is 5.32 Å². The summed E-state index contributed by atoms with van der Waals surface area (Å²) in [5.74, 6) is 0.712. The molecular weight excluding hydrogens is 280 g/mol. The second kappa shape index (κ2) is 5.26. The number of carbonyl (C=O) groups excluding carboxylic acids is 1. The van der Waals surface area contributed by atoms with Crippen molar-refractivity contribution in [1.29, 1.82) is 0 Å². The van der Waals surface area contributed by atoms with Gasteiger partial charge < -0.3 is 5.32 Å². The monoisotopic (exact) mass is 298 g/mol. The molecule has 21 heavy (non-hydrogen) atoms. The van der Waals surface area contributed by atoms with Crippen molar-refractivity contribution in [3.63, 3.8) is 0 Å². The summed E-state index contributed by atoms with van der Waals surface area (Å²) in [6.45, 7) is 0. The number of amides is 1. The Kier molecular flexibility index (Phi) is 3.26. The maximum Gasteiger partial charge on any atom is 0.233 e. The molecule has 4 heteroatoms. The third-order valence-electron chi connectivity index (χ3n) is 4.43. The van der Waals surface area contributed by atoms with E-state index >= 15 is 0 Å². The molecule has 3 nitrogen and oxygen atoms in total. The molecule has 1 heterocycles. The first kappa shape index (κ1) is 13.0. The van der Waals surface area contributed by atoms with Crippen LogP contribution in [0.3, 0.4) is 0 Å². The molecule has 0 spiro atoms. The van der Waals surface area contributed by atoms with E-state index in [1.165, 1.54) is 24.0 Å². The SMILES string of the molecule is O=C(Nc1nc(C2CC2)cs1)C1CCCc2ccccc21. The smallest absolute Gasteiger partial charge is 0.233 e. The molecular formula is C17H18N2OS.